The Hall–Kier alpha value is -1.41. The van der Waals surface area contributed by atoms with Gasteiger partial charge in [-0.15, -0.1) is 0 Å². The van der Waals surface area contributed by atoms with E-state index in [9.17, 15) is 13.5 Å². The molecule has 0 aromatic heterocycles. The number of aliphatic hydroxyl groups excluding tert-OH is 1. The Labute approximate surface area is 187 Å². The van der Waals surface area contributed by atoms with Gasteiger partial charge in [-0.05, 0) is 57.4 Å². The molecule has 174 valence electrons. The summed E-state index contributed by atoms with van der Waals surface area (Å²) in [4.78, 5) is 2.51. The van der Waals surface area contributed by atoms with E-state index in [1.54, 1.807) is 19.1 Å². The summed E-state index contributed by atoms with van der Waals surface area (Å²) >= 11 is 0. The third kappa shape index (κ3) is 5.69. The van der Waals surface area contributed by atoms with Crippen LogP contribution in [0.2, 0.25) is 0 Å². The third-order valence-corrected chi connectivity index (χ3v) is 8.61. The van der Waals surface area contributed by atoms with Gasteiger partial charge in [0.25, 0.3) is 0 Å². The van der Waals surface area contributed by atoms with E-state index < -0.39 is 16.1 Å². The largest absolute Gasteiger partial charge is 0.487 e. The van der Waals surface area contributed by atoms with Gasteiger partial charge in [-0.1, -0.05) is 38.0 Å². The molecule has 1 N–H and O–H groups in total. The van der Waals surface area contributed by atoms with Crippen molar-refractivity contribution in [3.8, 4) is 5.75 Å². The van der Waals surface area contributed by atoms with Crippen molar-refractivity contribution in [1.29, 1.82) is 0 Å². The molecule has 0 spiro atoms. The molecular weight excluding hydrogens is 412 g/mol. The zero-order valence-corrected chi connectivity index (χ0v) is 20.1. The molecule has 7 heteroatoms. The Morgan fingerprint density at radius 1 is 1.29 bits per heavy atom. The van der Waals surface area contributed by atoms with Crippen LogP contribution in [0.25, 0.3) is 6.08 Å². The maximum Gasteiger partial charge on any atom is 0.247 e. The molecule has 0 amide bonds. The lowest BCUT2D eigenvalue weighted by Crippen LogP contribution is -2.49. The molecule has 1 saturated carbocycles. The molecule has 1 aliphatic carbocycles. The first-order chi connectivity index (χ1) is 14.8. The highest BCUT2D eigenvalue weighted by Crippen LogP contribution is 2.34. The van der Waals surface area contributed by atoms with Gasteiger partial charge in [0, 0.05) is 31.6 Å². The molecule has 1 heterocycles. The number of fused-ring (bicyclic) bond motifs is 1. The van der Waals surface area contributed by atoms with Gasteiger partial charge in [0.2, 0.25) is 10.0 Å². The number of nitrogens with zero attached hydrogens (tertiary/aromatic N) is 2. The van der Waals surface area contributed by atoms with Crippen LogP contribution in [0.4, 0.5) is 0 Å². The van der Waals surface area contributed by atoms with Crippen molar-refractivity contribution in [2.45, 2.75) is 63.5 Å². The smallest absolute Gasteiger partial charge is 0.247 e. The van der Waals surface area contributed by atoms with E-state index in [-0.39, 0.29) is 23.5 Å². The van der Waals surface area contributed by atoms with Crippen molar-refractivity contribution >= 4 is 16.1 Å². The molecule has 6 nitrogen and oxygen atoms in total. The zero-order valence-electron chi connectivity index (χ0n) is 19.3. The number of aliphatic hydroxyl groups is 1. The quantitative estimate of drug-likeness (QED) is 0.687. The van der Waals surface area contributed by atoms with Crippen LogP contribution in [0.3, 0.4) is 0 Å². The summed E-state index contributed by atoms with van der Waals surface area (Å²) in [7, 11) is -1.64. The third-order valence-electron chi connectivity index (χ3n) is 6.59. The van der Waals surface area contributed by atoms with Gasteiger partial charge in [-0.3, -0.25) is 0 Å². The zero-order chi connectivity index (χ0) is 22.6. The van der Waals surface area contributed by atoms with Crippen molar-refractivity contribution in [3.05, 3.63) is 29.8 Å². The summed E-state index contributed by atoms with van der Waals surface area (Å²) in [6.45, 7) is 7.62. The highest BCUT2D eigenvalue weighted by molar-refractivity contribution is 7.89. The summed E-state index contributed by atoms with van der Waals surface area (Å²) in [5.74, 6) is 1.12. The highest BCUT2D eigenvalue weighted by Gasteiger charge is 2.38. The van der Waals surface area contributed by atoms with Crippen molar-refractivity contribution in [2.75, 3.05) is 33.3 Å². The van der Waals surface area contributed by atoms with E-state index in [1.807, 2.05) is 32.1 Å². The van der Waals surface area contributed by atoms with E-state index in [0.29, 0.717) is 12.3 Å². The van der Waals surface area contributed by atoms with Gasteiger partial charge < -0.3 is 14.7 Å². The van der Waals surface area contributed by atoms with E-state index in [1.165, 1.54) is 30.0 Å². The Morgan fingerprint density at radius 3 is 2.65 bits per heavy atom. The summed E-state index contributed by atoms with van der Waals surface area (Å²) in [5, 5.41) is 9.75. The fraction of sp³-hybridized carbons (Fsp3) is 0.667. The lowest BCUT2D eigenvalue weighted by atomic mass is 10.0. The second-order valence-electron chi connectivity index (χ2n) is 9.32. The topological polar surface area (TPSA) is 70.1 Å². The van der Waals surface area contributed by atoms with E-state index in [0.717, 1.165) is 24.6 Å². The summed E-state index contributed by atoms with van der Waals surface area (Å²) in [6, 6.07) is 4.75. The number of rotatable bonds is 7. The van der Waals surface area contributed by atoms with Crippen molar-refractivity contribution in [2.24, 2.45) is 11.8 Å². The Bertz CT molecular complexity index is 864. The highest BCUT2D eigenvalue weighted by atomic mass is 32.2. The minimum Gasteiger partial charge on any atom is -0.487 e. The number of hydrogen-bond acceptors (Lipinski definition) is 5. The van der Waals surface area contributed by atoms with Crippen LogP contribution in [0.1, 0.15) is 52.0 Å². The number of likely N-dealkylation sites (N-methyl/N-ethyl adjacent to an activating group) is 1. The van der Waals surface area contributed by atoms with Gasteiger partial charge in [0.05, 0.1) is 6.61 Å². The average molecular weight is 451 g/mol. The summed E-state index contributed by atoms with van der Waals surface area (Å²) < 4.78 is 34.8. The molecule has 0 unspecified atom stereocenters. The van der Waals surface area contributed by atoms with Gasteiger partial charge >= 0.3 is 0 Å². The first-order valence-electron chi connectivity index (χ1n) is 11.5. The normalized spacial score (nSPS) is 25.9. The second kappa shape index (κ2) is 10.5. The van der Waals surface area contributed by atoms with Crippen LogP contribution in [0.15, 0.2) is 29.2 Å². The fourth-order valence-corrected chi connectivity index (χ4v) is 6.60. The average Bonchev–Trinajstić information content (AvgIpc) is 3.23. The minimum absolute atomic E-state index is 0.0201. The number of allylic oxidation sites excluding steroid dienone is 1. The predicted molar refractivity (Wildman–Crippen MR) is 125 cm³/mol. The van der Waals surface area contributed by atoms with E-state index in [4.69, 9.17) is 4.74 Å². The first-order valence-corrected chi connectivity index (χ1v) is 12.9. The molecule has 1 aromatic rings. The van der Waals surface area contributed by atoms with Gasteiger partial charge in [-0.25, -0.2) is 8.42 Å². The number of benzene rings is 1. The lowest BCUT2D eigenvalue weighted by molar-refractivity contribution is 0.0712. The van der Waals surface area contributed by atoms with E-state index >= 15 is 0 Å². The molecule has 3 rings (SSSR count). The molecule has 1 fully saturated rings. The van der Waals surface area contributed by atoms with Crippen LogP contribution in [-0.2, 0) is 10.0 Å². The van der Waals surface area contributed by atoms with Crippen LogP contribution >= 0.6 is 0 Å². The van der Waals surface area contributed by atoms with Crippen molar-refractivity contribution in [3.63, 3.8) is 0 Å². The van der Waals surface area contributed by atoms with Gasteiger partial charge in [0.1, 0.15) is 16.7 Å². The number of ether oxygens (including phenoxy) is 1. The molecule has 2 aliphatic rings. The van der Waals surface area contributed by atoms with Crippen LogP contribution < -0.4 is 4.74 Å². The van der Waals surface area contributed by atoms with Crippen LogP contribution in [0, 0.1) is 11.8 Å². The Morgan fingerprint density at radius 2 is 2.00 bits per heavy atom. The maximum atomic E-state index is 13.5. The van der Waals surface area contributed by atoms with Gasteiger partial charge in [0.15, 0.2) is 0 Å². The van der Waals surface area contributed by atoms with E-state index in [2.05, 4.69) is 11.9 Å². The van der Waals surface area contributed by atoms with Gasteiger partial charge in [-0.2, -0.15) is 4.31 Å². The molecular formula is C24H38N2O4S. The van der Waals surface area contributed by atoms with Crippen molar-refractivity contribution < 1.29 is 18.3 Å². The first kappa shape index (κ1) is 24.2. The maximum absolute atomic E-state index is 13.5. The van der Waals surface area contributed by atoms with Crippen molar-refractivity contribution in [1.82, 2.24) is 9.21 Å². The molecule has 0 saturated heterocycles. The molecule has 31 heavy (non-hydrogen) atoms. The predicted octanol–water partition coefficient (Wildman–Crippen LogP) is 3.61. The molecule has 0 radical (unpaired) electrons. The molecule has 1 aliphatic heterocycles. The molecule has 3 atom stereocenters. The van der Waals surface area contributed by atoms with Crippen LogP contribution in [0.5, 0.6) is 5.75 Å². The summed E-state index contributed by atoms with van der Waals surface area (Å²) in [6.07, 6.45) is 8.95. The Kier molecular flexibility index (Phi) is 8.19. The Balaban J connectivity index is 1.94. The minimum atomic E-state index is -3.78. The molecule has 0 bridgehead atoms. The second-order valence-corrected chi connectivity index (χ2v) is 11.2. The number of sulfonamides is 1. The fourth-order valence-electron chi connectivity index (χ4n) is 4.77. The number of hydrogen-bond donors (Lipinski definition) is 1. The monoisotopic (exact) mass is 450 g/mol. The van der Waals surface area contributed by atoms with Crippen LogP contribution in [-0.4, -0.2) is 68.2 Å². The summed E-state index contributed by atoms with van der Waals surface area (Å²) in [5.41, 5.74) is 0.907. The SMILES string of the molecule is C/C=C/c1ccc2c(c1)O[C@@H](CN(C)CC1CCCC1)[C@H](C)CN([C@@H](C)CO)S2(=O)=O. The lowest BCUT2D eigenvalue weighted by Gasteiger charge is -2.38. The standard InChI is InChI=1S/C24H38N2O4S/c1-5-8-20-11-12-24-22(13-20)30-23(16-25(4)15-21-9-6-7-10-21)18(2)14-26(19(3)17-27)31(24,28)29/h5,8,11-13,18-19,21,23,27H,6-7,9-10,14-17H2,1-4H3/b8-5+/t18-,19+,23+/m1/s1. The molecule has 1 aromatic carbocycles.